The van der Waals surface area contributed by atoms with Crippen LogP contribution in [0.4, 0.5) is 0 Å². The fraction of sp³-hybridized carbons (Fsp3) is 0.235. The summed E-state index contributed by atoms with van der Waals surface area (Å²) in [5, 5.41) is 4.24. The van der Waals surface area contributed by atoms with Gasteiger partial charge in [0.05, 0.1) is 24.3 Å². The van der Waals surface area contributed by atoms with E-state index < -0.39 is 10.0 Å². The number of benzene rings is 2. The summed E-state index contributed by atoms with van der Waals surface area (Å²) in [7, 11) is -2.22. The molecule has 0 amide bonds. The molecule has 0 saturated heterocycles. The monoisotopic (exact) mass is 382 g/mol. The summed E-state index contributed by atoms with van der Waals surface area (Å²) in [5.41, 5.74) is 0.659. The van der Waals surface area contributed by atoms with Crippen molar-refractivity contribution in [1.82, 2.24) is 4.83 Å². The third kappa shape index (κ3) is 5.37. The van der Waals surface area contributed by atoms with E-state index in [4.69, 9.17) is 21.1 Å². The fourth-order valence-electron chi connectivity index (χ4n) is 1.95. The highest BCUT2D eigenvalue weighted by Gasteiger charge is 2.12. The minimum atomic E-state index is -3.75. The van der Waals surface area contributed by atoms with Crippen LogP contribution < -0.4 is 14.3 Å². The maximum Gasteiger partial charge on any atom is 0.276 e. The van der Waals surface area contributed by atoms with Crippen molar-refractivity contribution >= 4 is 27.8 Å². The number of nitrogens with one attached hydrogen (secondary N) is 1. The van der Waals surface area contributed by atoms with Crippen LogP contribution in [0.2, 0.25) is 5.02 Å². The Labute approximate surface area is 152 Å². The highest BCUT2D eigenvalue weighted by molar-refractivity contribution is 7.89. The van der Waals surface area contributed by atoms with Gasteiger partial charge in [0.25, 0.3) is 10.0 Å². The molecule has 2 rings (SSSR count). The van der Waals surface area contributed by atoms with Crippen LogP contribution in [0.15, 0.2) is 52.5 Å². The van der Waals surface area contributed by atoms with E-state index in [2.05, 4.69) is 9.93 Å². The molecule has 0 atom stereocenters. The van der Waals surface area contributed by atoms with Gasteiger partial charge < -0.3 is 9.47 Å². The van der Waals surface area contributed by atoms with Crippen LogP contribution in [0.3, 0.4) is 0 Å². The number of nitrogens with zero attached hydrogens (tertiary/aromatic N) is 1. The molecule has 0 saturated carbocycles. The Morgan fingerprint density at radius 1 is 1.12 bits per heavy atom. The predicted octanol–water partition coefficient (Wildman–Crippen LogP) is 3.45. The lowest BCUT2D eigenvalue weighted by atomic mass is 10.2. The van der Waals surface area contributed by atoms with E-state index in [1.54, 1.807) is 18.2 Å². The topological polar surface area (TPSA) is 77.0 Å². The lowest BCUT2D eigenvalue weighted by Gasteiger charge is -2.13. The Balaban J connectivity index is 2.12. The highest BCUT2D eigenvalue weighted by Crippen LogP contribution is 2.28. The van der Waals surface area contributed by atoms with Gasteiger partial charge in [0.2, 0.25) is 0 Å². The molecule has 2 aromatic carbocycles. The molecule has 134 valence electrons. The SMILES string of the molecule is COc1cc(/C=N/NS(=O)(=O)c2ccc(Cl)cc2)ccc1OC(C)C. The van der Waals surface area contributed by atoms with Gasteiger partial charge in [0.15, 0.2) is 11.5 Å². The van der Waals surface area contributed by atoms with Gasteiger partial charge in [-0.1, -0.05) is 11.6 Å². The average molecular weight is 383 g/mol. The van der Waals surface area contributed by atoms with Crippen molar-refractivity contribution in [3.63, 3.8) is 0 Å². The Morgan fingerprint density at radius 3 is 2.40 bits per heavy atom. The number of hydrogen-bond acceptors (Lipinski definition) is 5. The van der Waals surface area contributed by atoms with Gasteiger partial charge in [-0.3, -0.25) is 0 Å². The van der Waals surface area contributed by atoms with E-state index in [0.29, 0.717) is 22.1 Å². The van der Waals surface area contributed by atoms with Gasteiger partial charge in [-0.05, 0) is 61.9 Å². The van der Waals surface area contributed by atoms with Gasteiger partial charge in [0.1, 0.15) is 0 Å². The highest BCUT2D eigenvalue weighted by atomic mass is 35.5. The average Bonchev–Trinajstić information content (AvgIpc) is 2.56. The zero-order chi connectivity index (χ0) is 18.4. The summed E-state index contributed by atoms with van der Waals surface area (Å²) in [6.07, 6.45) is 1.40. The second-order valence-electron chi connectivity index (χ2n) is 5.38. The molecule has 0 aliphatic rings. The van der Waals surface area contributed by atoms with E-state index in [1.807, 2.05) is 13.8 Å². The Hall–Kier alpha value is -2.25. The zero-order valence-electron chi connectivity index (χ0n) is 14.1. The summed E-state index contributed by atoms with van der Waals surface area (Å²) in [6, 6.07) is 11.0. The van der Waals surface area contributed by atoms with Crippen LogP contribution >= 0.6 is 11.6 Å². The van der Waals surface area contributed by atoms with Gasteiger partial charge in [-0.25, -0.2) is 4.83 Å². The van der Waals surface area contributed by atoms with Crippen LogP contribution in [0.25, 0.3) is 0 Å². The molecule has 25 heavy (non-hydrogen) atoms. The molecule has 2 aromatic rings. The van der Waals surface area contributed by atoms with Gasteiger partial charge in [-0.15, -0.1) is 0 Å². The van der Waals surface area contributed by atoms with Gasteiger partial charge in [0, 0.05) is 5.02 Å². The summed E-state index contributed by atoms with van der Waals surface area (Å²) >= 11 is 5.75. The molecule has 0 aliphatic carbocycles. The molecule has 8 heteroatoms. The number of ether oxygens (including phenoxy) is 2. The number of methoxy groups -OCH3 is 1. The summed E-state index contributed by atoms with van der Waals surface area (Å²) in [4.78, 5) is 2.23. The Kier molecular flexibility index (Phi) is 6.27. The molecule has 0 radical (unpaired) electrons. The summed E-state index contributed by atoms with van der Waals surface area (Å²) in [6.45, 7) is 3.83. The predicted molar refractivity (Wildman–Crippen MR) is 98.1 cm³/mol. The number of hydrazone groups is 1. The number of halogens is 1. The molecule has 0 aromatic heterocycles. The first-order chi connectivity index (χ1) is 11.8. The molecule has 1 N–H and O–H groups in total. The Bertz CT molecular complexity index is 849. The molecule has 0 fully saturated rings. The van der Waals surface area contributed by atoms with Crippen LogP contribution in [-0.4, -0.2) is 27.8 Å². The Morgan fingerprint density at radius 2 is 1.80 bits per heavy atom. The van der Waals surface area contributed by atoms with Crippen LogP contribution in [0.5, 0.6) is 11.5 Å². The van der Waals surface area contributed by atoms with Gasteiger partial charge in [-0.2, -0.15) is 13.5 Å². The van der Waals surface area contributed by atoms with Crippen molar-refractivity contribution in [3.8, 4) is 11.5 Å². The number of sulfonamides is 1. The maximum absolute atomic E-state index is 12.1. The quantitative estimate of drug-likeness (QED) is 0.587. The molecule has 0 heterocycles. The third-order valence-corrected chi connectivity index (χ3v) is 4.55. The number of hydrogen-bond donors (Lipinski definition) is 1. The second kappa shape index (κ2) is 8.22. The lowest BCUT2D eigenvalue weighted by Crippen LogP contribution is -2.18. The van der Waals surface area contributed by atoms with Crippen molar-refractivity contribution in [3.05, 3.63) is 53.1 Å². The van der Waals surface area contributed by atoms with Crippen molar-refractivity contribution < 1.29 is 17.9 Å². The van der Waals surface area contributed by atoms with E-state index >= 15 is 0 Å². The second-order valence-corrected chi connectivity index (χ2v) is 7.48. The van der Waals surface area contributed by atoms with E-state index in [0.717, 1.165) is 0 Å². The van der Waals surface area contributed by atoms with E-state index in [-0.39, 0.29) is 11.0 Å². The summed E-state index contributed by atoms with van der Waals surface area (Å²) in [5.74, 6) is 1.15. The van der Waals surface area contributed by atoms with Gasteiger partial charge >= 0.3 is 0 Å². The molecule has 0 aliphatic heterocycles. The standard InChI is InChI=1S/C17H19ClN2O4S/c1-12(2)24-16-9-4-13(10-17(16)23-3)11-19-20-25(21,22)15-7-5-14(18)6-8-15/h4-12,20H,1-3H3/b19-11+. The molecule has 0 unspecified atom stereocenters. The first-order valence-corrected chi connectivity index (χ1v) is 9.33. The minimum absolute atomic E-state index is 0.0135. The molecular formula is C17H19ClN2O4S. The molecular weight excluding hydrogens is 364 g/mol. The van der Waals surface area contributed by atoms with Crippen molar-refractivity contribution in [2.45, 2.75) is 24.8 Å². The molecule has 0 bridgehead atoms. The fourth-order valence-corrected chi connectivity index (χ4v) is 2.87. The minimum Gasteiger partial charge on any atom is -0.493 e. The largest absolute Gasteiger partial charge is 0.493 e. The van der Waals surface area contributed by atoms with E-state index in [9.17, 15) is 8.42 Å². The van der Waals surface area contributed by atoms with Crippen molar-refractivity contribution in [2.75, 3.05) is 7.11 Å². The van der Waals surface area contributed by atoms with E-state index in [1.165, 1.54) is 37.6 Å². The first-order valence-electron chi connectivity index (χ1n) is 7.47. The zero-order valence-corrected chi connectivity index (χ0v) is 15.6. The molecule has 0 spiro atoms. The smallest absolute Gasteiger partial charge is 0.276 e. The van der Waals surface area contributed by atoms with Crippen LogP contribution in [0.1, 0.15) is 19.4 Å². The first kappa shape index (κ1) is 19.1. The lowest BCUT2D eigenvalue weighted by molar-refractivity contribution is 0.230. The van der Waals surface area contributed by atoms with Crippen LogP contribution in [0, 0.1) is 0 Å². The number of rotatable bonds is 7. The van der Waals surface area contributed by atoms with Crippen LogP contribution in [-0.2, 0) is 10.0 Å². The van der Waals surface area contributed by atoms with Crippen molar-refractivity contribution in [1.29, 1.82) is 0 Å². The van der Waals surface area contributed by atoms with Crippen molar-refractivity contribution in [2.24, 2.45) is 5.10 Å². The third-order valence-electron chi connectivity index (χ3n) is 3.06. The maximum atomic E-state index is 12.1. The molecule has 6 nitrogen and oxygen atoms in total. The summed E-state index contributed by atoms with van der Waals surface area (Å²) < 4.78 is 35.1. The normalized spacial score (nSPS) is 11.7.